The number of benzene rings is 1. The van der Waals surface area contributed by atoms with Crippen LogP contribution in [0.4, 0.5) is 0 Å². The smallest absolute Gasteiger partial charge is 0.283 e. The summed E-state index contributed by atoms with van der Waals surface area (Å²) in [7, 11) is -3.82. The number of pyridine rings is 1. The van der Waals surface area contributed by atoms with Crippen LogP contribution in [-0.4, -0.2) is 38.4 Å². The number of aromatic nitrogens is 4. The van der Waals surface area contributed by atoms with Crippen LogP contribution in [0.2, 0.25) is 0 Å². The molecular weight excluding hydrogens is 434 g/mol. The molecule has 5 rings (SSSR count). The van der Waals surface area contributed by atoms with Crippen molar-refractivity contribution >= 4 is 37.5 Å². The Morgan fingerprint density at radius 2 is 2.03 bits per heavy atom. The van der Waals surface area contributed by atoms with E-state index in [2.05, 4.69) is 15.1 Å². The maximum absolute atomic E-state index is 13.0. The second-order valence-electron chi connectivity index (χ2n) is 7.55. The summed E-state index contributed by atoms with van der Waals surface area (Å²) in [5.41, 5.74) is 5.51. The normalized spacial score (nSPS) is 14.7. The Hall–Kier alpha value is -3.11. The van der Waals surface area contributed by atoms with Gasteiger partial charge < -0.3 is 4.90 Å². The predicted molar refractivity (Wildman–Crippen MR) is 116 cm³/mol. The molecule has 0 saturated carbocycles. The maximum Gasteiger partial charge on any atom is 0.283 e. The van der Waals surface area contributed by atoms with E-state index in [0.717, 1.165) is 31.1 Å². The molecule has 0 radical (unpaired) electrons. The highest BCUT2D eigenvalue weighted by Crippen LogP contribution is 2.29. The van der Waals surface area contributed by atoms with Crippen LogP contribution in [0.5, 0.6) is 0 Å². The van der Waals surface area contributed by atoms with Crippen molar-refractivity contribution in [3.63, 3.8) is 0 Å². The first kappa shape index (κ1) is 19.8. The molecule has 0 fully saturated rings. The monoisotopic (exact) mass is 453 g/mol. The Morgan fingerprint density at radius 1 is 1.19 bits per heavy atom. The summed E-state index contributed by atoms with van der Waals surface area (Å²) in [6.07, 6.45) is 3.21. The summed E-state index contributed by atoms with van der Waals surface area (Å²) in [4.78, 5) is 23.3. The molecule has 158 valence electrons. The highest BCUT2D eigenvalue weighted by molar-refractivity contribution is 7.89. The molecule has 0 bridgehead atoms. The summed E-state index contributed by atoms with van der Waals surface area (Å²) in [6, 6.07) is 8.58. The van der Waals surface area contributed by atoms with E-state index in [1.165, 1.54) is 23.6 Å². The summed E-state index contributed by atoms with van der Waals surface area (Å²) < 4.78 is 27.9. The minimum absolute atomic E-state index is 0.0286. The highest BCUT2D eigenvalue weighted by atomic mass is 32.2. The topological polar surface area (TPSA) is 98.1 Å². The first-order chi connectivity index (χ1) is 14.8. The molecule has 0 saturated heterocycles. The van der Waals surface area contributed by atoms with Gasteiger partial charge in [-0.3, -0.25) is 9.78 Å². The second kappa shape index (κ2) is 7.24. The fourth-order valence-electron chi connectivity index (χ4n) is 3.87. The Morgan fingerprint density at radius 3 is 2.81 bits per heavy atom. The zero-order chi connectivity index (χ0) is 21.8. The van der Waals surface area contributed by atoms with Gasteiger partial charge in [0.15, 0.2) is 0 Å². The van der Waals surface area contributed by atoms with Crippen LogP contribution < -0.4 is 0 Å². The molecule has 4 heterocycles. The van der Waals surface area contributed by atoms with Crippen molar-refractivity contribution < 1.29 is 13.2 Å². The molecule has 8 nitrogen and oxygen atoms in total. The average Bonchev–Trinajstić information content (AvgIpc) is 3.47. The lowest BCUT2D eigenvalue weighted by atomic mass is 9.98. The number of carbonyl (C=O) groups excluding carboxylic acids is 1. The number of hydrogen-bond donors (Lipinski definition) is 0. The summed E-state index contributed by atoms with van der Waals surface area (Å²) >= 11 is 1.39. The quantitative estimate of drug-likeness (QED) is 0.471. The zero-order valence-electron chi connectivity index (χ0n) is 16.9. The molecule has 1 aliphatic rings. The first-order valence-electron chi connectivity index (χ1n) is 9.71. The minimum Gasteiger partial charge on any atom is -0.332 e. The molecule has 1 aromatic carbocycles. The molecule has 1 aliphatic heterocycles. The van der Waals surface area contributed by atoms with Gasteiger partial charge in [0.25, 0.3) is 10.0 Å². The van der Waals surface area contributed by atoms with E-state index < -0.39 is 10.0 Å². The predicted octanol–water partition coefficient (Wildman–Crippen LogP) is 3.08. The van der Waals surface area contributed by atoms with Gasteiger partial charge in [-0.1, -0.05) is 6.07 Å². The zero-order valence-corrected chi connectivity index (χ0v) is 18.5. The fourth-order valence-corrected chi connectivity index (χ4v) is 5.86. The molecule has 10 heteroatoms. The molecule has 0 aliphatic carbocycles. The lowest BCUT2D eigenvalue weighted by Crippen LogP contribution is -2.30. The maximum atomic E-state index is 13.0. The number of thiazole rings is 1. The van der Waals surface area contributed by atoms with E-state index in [0.29, 0.717) is 12.2 Å². The molecule has 1 amide bonds. The van der Waals surface area contributed by atoms with E-state index in [4.69, 9.17) is 0 Å². The van der Waals surface area contributed by atoms with E-state index in [1.54, 1.807) is 28.7 Å². The number of fused-ring (bicyclic) bond motifs is 2. The van der Waals surface area contributed by atoms with Crippen LogP contribution in [0, 0.1) is 6.92 Å². The lowest BCUT2D eigenvalue weighted by Gasteiger charge is -2.21. The van der Waals surface area contributed by atoms with E-state index >= 15 is 0 Å². The number of rotatable bonds is 4. The van der Waals surface area contributed by atoms with Gasteiger partial charge in [0.1, 0.15) is 0 Å². The van der Waals surface area contributed by atoms with Crippen molar-refractivity contribution in [1.29, 1.82) is 0 Å². The summed E-state index contributed by atoms with van der Waals surface area (Å²) in [6.45, 7) is 4.37. The van der Waals surface area contributed by atoms with Crippen molar-refractivity contribution in [1.82, 2.24) is 24.1 Å². The summed E-state index contributed by atoms with van der Waals surface area (Å²) in [5.74, 6) is -0.362. The molecule has 4 aromatic rings. The van der Waals surface area contributed by atoms with Crippen molar-refractivity contribution in [3.05, 3.63) is 70.8 Å². The SMILES string of the molecule is Cc1ncccc1C(C)C(=O)N1Cc2cn(S(=O)(=O)c3ccc4ncsc4c3)nc2C1. The Bertz CT molecular complexity index is 1400. The van der Waals surface area contributed by atoms with Crippen LogP contribution in [0.15, 0.2) is 53.1 Å². The van der Waals surface area contributed by atoms with Gasteiger partial charge in [0.05, 0.1) is 38.8 Å². The number of amides is 1. The van der Waals surface area contributed by atoms with Crippen molar-refractivity contribution in [2.75, 3.05) is 0 Å². The van der Waals surface area contributed by atoms with Gasteiger partial charge in [-0.15, -0.1) is 11.3 Å². The van der Waals surface area contributed by atoms with Gasteiger partial charge in [0.2, 0.25) is 5.91 Å². The number of hydrogen-bond acceptors (Lipinski definition) is 7. The third-order valence-corrected chi connectivity index (χ3v) is 7.92. The van der Waals surface area contributed by atoms with E-state index in [-0.39, 0.29) is 23.3 Å². The van der Waals surface area contributed by atoms with E-state index in [9.17, 15) is 13.2 Å². The molecule has 1 unspecified atom stereocenters. The van der Waals surface area contributed by atoms with Crippen LogP contribution in [0.3, 0.4) is 0 Å². The van der Waals surface area contributed by atoms with Crippen LogP contribution in [0.25, 0.3) is 10.2 Å². The molecule has 0 N–H and O–H groups in total. The third kappa shape index (κ3) is 3.31. The molecule has 0 spiro atoms. The fraction of sp³-hybridized carbons (Fsp3) is 0.238. The molecular formula is C21H19N5O3S2. The Labute approximate surface area is 183 Å². The van der Waals surface area contributed by atoms with Gasteiger partial charge in [-0.25, -0.2) is 4.98 Å². The molecule has 31 heavy (non-hydrogen) atoms. The number of carbonyl (C=O) groups is 1. The second-order valence-corrected chi connectivity index (χ2v) is 10.2. The molecule has 3 aromatic heterocycles. The third-order valence-electron chi connectivity index (χ3n) is 5.60. The van der Waals surface area contributed by atoms with Gasteiger partial charge in [0, 0.05) is 30.2 Å². The van der Waals surface area contributed by atoms with Crippen LogP contribution in [0.1, 0.15) is 35.4 Å². The standard InChI is InChI=1S/C21H19N5O3S2/c1-13(17-4-3-7-22-14(17)2)21(27)25-9-15-10-26(24-19(15)11-25)31(28,29)16-5-6-18-20(8-16)30-12-23-18/h3-8,10,12-13H,9,11H2,1-2H3. The molecule has 1 atom stereocenters. The summed E-state index contributed by atoms with van der Waals surface area (Å²) in [5, 5.41) is 4.30. The highest BCUT2D eigenvalue weighted by Gasteiger charge is 2.32. The van der Waals surface area contributed by atoms with Gasteiger partial charge >= 0.3 is 0 Å². The van der Waals surface area contributed by atoms with Gasteiger partial charge in [-0.2, -0.15) is 17.6 Å². The first-order valence-corrected chi connectivity index (χ1v) is 12.0. The van der Waals surface area contributed by atoms with Crippen molar-refractivity contribution in [3.8, 4) is 0 Å². The van der Waals surface area contributed by atoms with E-state index in [1.807, 2.05) is 26.0 Å². The van der Waals surface area contributed by atoms with Crippen LogP contribution in [-0.2, 0) is 27.9 Å². The van der Waals surface area contributed by atoms with Crippen molar-refractivity contribution in [2.45, 2.75) is 37.8 Å². The largest absolute Gasteiger partial charge is 0.332 e. The minimum atomic E-state index is -3.82. The number of nitrogens with zero attached hydrogens (tertiary/aromatic N) is 5. The number of aryl methyl sites for hydroxylation is 1. The van der Waals surface area contributed by atoms with Gasteiger partial charge in [-0.05, 0) is 43.7 Å². The Balaban J connectivity index is 1.37. The lowest BCUT2D eigenvalue weighted by molar-refractivity contribution is -0.133. The van der Waals surface area contributed by atoms with Crippen molar-refractivity contribution in [2.24, 2.45) is 0 Å². The van der Waals surface area contributed by atoms with Crippen LogP contribution >= 0.6 is 11.3 Å². The Kier molecular flexibility index (Phi) is 4.63. The average molecular weight is 454 g/mol.